The summed E-state index contributed by atoms with van der Waals surface area (Å²) in [6.07, 6.45) is 2.03. The monoisotopic (exact) mass is 189 g/mol. The van der Waals surface area contributed by atoms with E-state index in [2.05, 4.69) is 17.4 Å². The predicted octanol–water partition coefficient (Wildman–Crippen LogP) is 1.17. The molecular formula is C11H15N3. The number of nitrogens with zero attached hydrogens (tertiary/aromatic N) is 1. The van der Waals surface area contributed by atoms with Crippen molar-refractivity contribution in [3.63, 3.8) is 0 Å². The molecule has 0 saturated heterocycles. The standard InChI is InChI=1S/C11H15N3/c1-8-9(6-12)10-4-2-3-5-14(10)11(8)7-13/h2-5H,6-7,12-13H2,1H3. The molecule has 74 valence electrons. The molecule has 0 fully saturated rings. The summed E-state index contributed by atoms with van der Waals surface area (Å²) in [5.41, 5.74) is 16.2. The Kier molecular flexibility index (Phi) is 2.27. The van der Waals surface area contributed by atoms with Gasteiger partial charge in [0, 0.05) is 25.0 Å². The first-order valence-electron chi connectivity index (χ1n) is 4.77. The van der Waals surface area contributed by atoms with Gasteiger partial charge < -0.3 is 15.9 Å². The molecule has 0 bridgehead atoms. The number of pyridine rings is 1. The van der Waals surface area contributed by atoms with E-state index < -0.39 is 0 Å². The Morgan fingerprint density at radius 2 is 2.00 bits per heavy atom. The molecule has 4 N–H and O–H groups in total. The van der Waals surface area contributed by atoms with E-state index in [9.17, 15) is 0 Å². The zero-order chi connectivity index (χ0) is 10.1. The first kappa shape index (κ1) is 9.24. The zero-order valence-corrected chi connectivity index (χ0v) is 8.33. The summed E-state index contributed by atoms with van der Waals surface area (Å²) < 4.78 is 2.12. The molecule has 0 aliphatic heterocycles. The Labute approximate surface area is 83.3 Å². The molecule has 14 heavy (non-hydrogen) atoms. The molecular weight excluding hydrogens is 174 g/mol. The fraction of sp³-hybridized carbons (Fsp3) is 0.273. The average molecular weight is 189 g/mol. The van der Waals surface area contributed by atoms with Gasteiger partial charge in [0.15, 0.2) is 0 Å². The topological polar surface area (TPSA) is 56.5 Å². The molecule has 0 saturated carbocycles. The summed E-state index contributed by atoms with van der Waals surface area (Å²) in [7, 11) is 0. The third-order valence-electron chi connectivity index (χ3n) is 2.74. The summed E-state index contributed by atoms with van der Waals surface area (Å²) in [5, 5.41) is 0. The van der Waals surface area contributed by atoms with E-state index in [4.69, 9.17) is 11.5 Å². The van der Waals surface area contributed by atoms with Crippen molar-refractivity contribution in [2.75, 3.05) is 0 Å². The van der Waals surface area contributed by atoms with E-state index in [1.54, 1.807) is 0 Å². The van der Waals surface area contributed by atoms with E-state index in [0.29, 0.717) is 13.1 Å². The number of rotatable bonds is 2. The smallest absolute Gasteiger partial charge is 0.0501 e. The van der Waals surface area contributed by atoms with Crippen LogP contribution in [0.5, 0.6) is 0 Å². The molecule has 2 rings (SSSR count). The van der Waals surface area contributed by atoms with Crippen molar-refractivity contribution in [2.45, 2.75) is 20.0 Å². The zero-order valence-electron chi connectivity index (χ0n) is 8.33. The summed E-state index contributed by atoms with van der Waals surface area (Å²) >= 11 is 0. The maximum absolute atomic E-state index is 5.73. The molecule has 0 amide bonds. The van der Waals surface area contributed by atoms with E-state index in [0.717, 1.165) is 5.69 Å². The van der Waals surface area contributed by atoms with Crippen molar-refractivity contribution >= 4 is 5.52 Å². The predicted molar refractivity (Wildman–Crippen MR) is 57.9 cm³/mol. The van der Waals surface area contributed by atoms with Gasteiger partial charge in [0.05, 0.1) is 5.52 Å². The molecule has 0 radical (unpaired) electrons. The Hall–Kier alpha value is -1.32. The van der Waals surface area contributed by atoms with Gasteiger partial charge in [0.25, 0.3) is 0 Å². The van der Waals surface area contributed by atoms with E-state index in [1.165, 1.54) is 16.6 Å². The van der Waals surface area contributed by atoms with Crippen LogP contribution in [0.25, 0.3) is 5.52 Å². The fourth-order valence-electron chi connectivity index (χ4n) is 1.98. The maximum Gasteiger partial charge on any atom is 0.0501 e. The highest BCUT2D eigenvalue weighted by molar-refractivity contribution is 5.61. The van der Waals surface area contributed by atoms with Gasteiger partial charge >= 0.3 is 0 Å². The van der Waals surface area contributed by atoms with Gasteiger partial charge in [0.1, 0.15) is 0 Å². The first-order valence-corrected chi connectivity index (χ1v) is 4.77. The lowest BCUT2D eigenvalue weighted by molar-refractivity contribution is 0.944. The molecule has 2 aromatic rings. The van der Waals surface area contributed by atoms with E-state index in [-0.39, 0.29) is 0 Å². The summed E-state index contributed by atoms with van der Waals surface area (Å²) in [6, 6.07) is 6.11. The van der Waals surface area contributed by atoms with Gasteiger partial charge in [-0.1, -0.05) is 6.07 Å². The molecule has 0 aromatic carbocycles. The van der Waals surface area contributed by atoms with Crippen LogP contribution in [0.4, 0.5) is 0 Å². The fourth-order valence-corrected chi connectivity index (χ4v) is 1.98. The van der Waals surface area contributed by atoms with Crippen LogP contribution in [0.15, 0.2) is 24.4 Å². The van der Waals surface area contributed by atoms with Crippen molar-refractivity contribution in [3.05, 3.63) is 41.2 Å². The van der Waals surface area contributed by atoms with E-state index >= 15 is 0 Å². The number of fused-ring (bicyclic) bond motifs is 1. The van der Waals surface area contributed by atoms with Gasteiger partial charge in [-0.3, -0.25) is 0 Å². The molecule has 3 heteroatoms. The molecule has 0 unspecified atom stereocenters. The van der Waals surface area contributed by atoms with Gasteiger partial charge in [-0.2, -0.15) is 0 Å². The lowest BCUT2D eigenvalue weighted by Gasteiger charge is -1.99. The minimum absolute atomic E-state index is 0.553. The molecule has 0 aliphatic carbocycles. The largest absolute Gasteiger partial charge is 0.326 e. The second kappa shape index (κ2) is 3.44. The third kappa shape index (κ3) is 1.14. The number of hydrogen-bond donors (Lipinski definition) is 2. The first-order chi connectivity index (χ1) is 6.79. The lowest BCUT2D eigenvalue weighted by atomic mass is 10.1. The van der Waals surface area contributed by atoms with Crippen LogP contribution < -0.4 is 11.5 Å². The lowest BCUT2D eigenvalue weighted by Crippen LogP contribution is -2.02. The second-order valence-electron chi connectivity index (χ2n) is 3.41. The van der Waals surface area contributed by atoms with Crippen LogP contribution in [-0.4, -0.2) is 4.40 Å². The van der Waals surface area contributed by atoms with Gasteiger partial charge in [-0.05, 0) is 30.2 Å². The molecule has 3 nitrogen and oxygen atoms in total. The Bertz CT molecular complexity index is 416. The molecule has 2 aromatic heterocycles. The van der Waals surface area contributed by atoms with Gasteiger partial charge in [-0.15, -0.1) is 0 Å². The van der Waals surface area contributed by atoms with Crippen LogP contribution in [0.3, 0.4) is 0 Å². The number of hydrogen-bond acceptors (Lipinski definition) is 2. The van der Waals surface area contributed by atoms with Crippen molar-refractivity contribution in [1.29, 1.82) is 0 Å². The Morgan fingerprint density at radius 1 is 1.21 bits per heavy atom. The highest BCUT2D eigenvalue weighted by Crippen LogP contribution is 2.21. The second-order valence-corrected chi connectivity index (χ2v) is 3.41. The van der Waals surface area contributed by atoms with Crippen molar-refractivity contribution in [1.82, 2.24) is 4.40 Å². The summed E-state index contributed by atoms with van der Waals surface area (Å²) in [5.74, 6) is 0. The average Bonchev–Trinajstić information content (AvgIpc) is 2.49. The van der Waals surface area contributed by atoms with Crippen LogP contribution in [0.2, 0.25) is 0 Å². The van der Waals surface area contributed by atoms with Crippen LogP contribution in [0, 0.1) is 6.92 Å². The SMILES string of the molecule is Cc1c(CN)c2ccccn2c1CN. The van der Waals surface area contributed by atoms with Crippen LogP contribution in [-0.2, 0) is 13.1 Å². The third-order valence-corrected chi connectivity index (χ3v) is 2.74. The summed E-state index contributed by atoms with van der Waals surface area (Å²) in [4.78, 5) is 0. The van der Waals surface area contributed by atoms with Gasteiger partial charge in [-0.25, -0.2) is 0 Å². The minimum Gasteiger partial charge on any atom is -0.326 e. The Morgan fingerprint density at radius 3 is 2.64 bits per heavy atom. The van der Waals surface area contributed by atoms with E-state index in [1.807, 2.05) is 18.3 Å². The highest BCUT2D eigenvalue weighted by Gasteiger charge is 2.11. The number of aromatic nitrogens is 1. The summed E-state index contributed by atoms with van der Waals surface area (Å²) in [6.45, 7) is 3.20. The van der Waals surface area contributed by atoms with Crippen LogP contribution in [0.1, 0.15) is 16.8 Å². The van der Waals surface area contributed by atoms with Gasteiger partial charge in [0.2, 0.25) is 0 Å². The molecule has 0 atom stereocenters. The maximum atomic E-state index is 5.73. The van der Waals surface area contributed by atoms with Crippen LogP contribution >= 0.6 is 0 Å². The molecule has 2 heterocycles. The van der Waals surface area contributed by atoms with Crippen molar-refractivity contribution < 1.29 is 0 Å². The highest BCUT2D eigenvalue weighted by atomic mass is 14.9. The van der Waals surface area contributed by atoms with Crippen molar-refractivity contribution in [3.8, 4) is 0 Å². The number of nitrogens with two attached hydrogens (primary N) is 2. The quantitative estimate of drug-likeness (QED) is 0.745. The minimum atomic E-state index is 0.553. The van der Waals surface area contributed by atoms with Crippen molar-refractivity contribution in [2.24, 2.45) is 11.5 Å². The molecule has 0 spiro atoms. The Balaban J connectivity index is 2.85. The normalized spacial score (nSPS) is 11.1. The molecule has 0 aliphatic rings.